The van der Waals surface area contributed by atoms with Gasteiger partial charge in [-0.2, -0.15) is 0 Å². The Hall–Kier alpha value is -2.93. The monoisotopic (exact) mass is 406 g/mol. The number of para-hydroxylation sites is 1. The van der Waals surface area contributed by atoms with Crippen molar-refractivity contribution in [2.75, 3.05) is 12.3 Å². The first-order valence-corrected chi connectivity index (χ1v) is 10.7. The molecule has 6 nitrogen and oxygen atoms in total. The zero-order valence-corrected chi connectivity index (χ0v) is 17.3. The molecule has 0 spiro atoms. The molecule has 3 aromatic rings. The standard InChI is InChI=1S/C22H22N4O2S/c1-3-4-13-25-20(27)14-29-22(25)24-16-9-11-17(12-10-16)26-15(2)23-19-8-6-5-7-18(19)21(26)28/h5-12H,3-4,13-14H2,1-2H3. The molecule has 29 heavy (non-hydrogen) atoms. The van der Waals surface area contributed by atoms with Crippen LogP contribution in [0, 0.1) is 6.92 Å². The van der Waals surface area contributed by atoms with Crippen molar-refractivity contribution in [2.45, 2.75) is 26.7 Å². The van der Waals surface area contributed by atoms with Crippen LogP contribution >= 0.6 is 11.8 Å². The number of benzene rings is 2. The number of carbonyl (C=O) groups excluding carboxylic acids is 1. The number of hydrogen-bond acceptors (Lipinski definition) is 5. The van der Waals surface area contributed by atoms with E-state index < -0.39 is 0 Å². The minimum Gasteiger partial charge on any atom is -0.291 e. The molecule has 1 aliphatic rings. The number of amides is 1. The third-order valence-electron chi connectivity index (χ3n) is 4.87. The highest BCUT2D eigenvalue weighted by molar-refractivity contribution is 8.15. The molecule has 0 N–H and O–H groups in total. The molecule has 1 saturated heterocycles. The van der Waals surface area contributed by atoms with Gasteiger partial charge in [0.05, 0.1) is 28.0 Å². The molecule has 1 aliphatic heterocycles. The number of nitrogens with zero attached hydrogens (tertiary/aromatic N) is 4. The maximum atomic E-state index is 12.9. The van der Waals surface area contributed by atoms with Gasteiger partial charge in [-0.25, -0.2) is 9.98 Å². The van der Waals surface area contributed by atoms with E-state index in [4.69, 9.17) is 0 Å². The summed E-state index contributed by atoms with van der Waals surface area (Å²) >= 11 is 1.47. The number of aliphatic imine (C=N–C) groups is 1. The third kappa shape index (κ3) is 3.82. The predicted molar refractivity (Wildman–Crippen MR) is 118 cm³/mol. The first-order chi connectivity index (χ1) is 14.1. The summed E-state index contributed by atoms with van der Waals surface area (Å²) in [5.74, 6) is 1.19. The van der Waals surface area contributed by atoms with E-state index in [1.165, 1.54) is 11.8 Å². The van der Waals surface area contributed by atoms with Crippen LogP contribution < -0.4 is 5.56 Å². The summed E-state index contributed by atoms with van der Waals surface area (Å²) in [7, 11) is 0. The summed E-state index contributed by atoms with van der Waals surface area (Å²) in [6, 6.07) is 14.8. The Bertz CT molecular complexity index is 1150. The molecule has 0 atom stereocenters. The molecule has 0 unspecified atom stereocenters. The SMILES string of the molecule is CCCCN1C(=O)CSC1=Nc1ccc(-n2c(C)nc3ccccc3c2=O)cc1. The maximum Gasteiger partial charge on any atom is 0.265 e. The highest BCUT2D eigenvalue weighted by atomic mass is 32.2. The second kappa shape index (κ2) is 8.21. The van der Waals surface area contributed by atoms with E-state index in [0.29, 0.717) is 29.0 Å². The van der Waals surface area contributed by atoms with Gasteiger partial charge in [0.15, 0.2) is 5.17 Å². The van der Waals surface area contributed by atoms with Crippen LogP contribution in [0.3, 0.4) is 0 Å². The molecule has 0 radical (unpaired) electrons. The Morgan fingerprint density at radius 1 is 1.10 bits per heavy atom. The van der Waals surface area contributed by atoms with Crippen molar-refractivity contribution in [3.05, 3.63) is 64.7 Å². The van der Waals surface area contributed by atoms with Crippen LogP contribution in [0.2, 0.25) is 0 Å². The second-order valence-electron chi connectivity index (χ2n) is 6.92. The lowest BCUT2D eigenvalue weighted by atomic mass is 10.2. The molecule has 2 heterocycles. The van der Waals surface area contributed by atoms with Crippen LogP contribution in [0.25, 0.3) is 16.6 Å². The number of aryl methyl sites for hydroxylation is 1. The van der Waals surface area contributed by atoms with E-state index in [1.807, 2.05) is 49.4 Å². The van der Waals surface area contributed by atoms with E-state index in [9.17, 15) is 9.59 Å². The van der Waals surface area contributed by atoms with Gasteiger partial charge >= 0.3 is 0 Å². The summed E-state index contributed by atoms with van der Waals surface area (Å²) in [4.78, 5) is 36.0. The van der Waals surface area contributed by atoms with Crippen molar-refractivity contribution in [1.29, 1.82) is 0 Å². The van der Waals surface area contributed by atoms with Crippen molar-refractivity contribution < 1.29 is 4.79 Å². The molecule has 1 fully saturated rings. The number of fused-ring (bicyclic) bond motifs is 1. The molecular formula is C22H22N4O2S. The van der Waals surface area contributed by atoms with Crippen LogP contribution in [-0.4, -0.2) is 37.8 Å². The highest BCUT2D eigenvalue weighted by Gasteiger charge is 2.27. The summed E-state index contributed by atoms with van der Waals surface area (Å²) in [6.07, 6.45) is 1.99. The van der Waals surface area contributed by atoms with Gasteiger partial charge in [-0.05, 0) is 49.7 Å². The van der Waals surface area contributed by atoms with Crippen molar-refractivity contribution in [2.24, 2.45) is 4.99 Å². The summed E-state index contributed by atoms with van der Waals surface area (Å²) in [5.41, 5.74) is 2.11. The Balaban J connectivity index is 1.66. The molecule has 2 aromatic carbocycles. The number of aromatic nitrogens is 2. The van der Waals surface area contributed by atoms with E-state index in [-0.39, 0.29) is 11.5 Å². The van der Waals surface area contributed by atoms with E-state index >= 15 is 0 Å². The van der Waals surface area contributed by atoms with Crippen LogP contribution in [0.15, 0.2) is 58.3 Å². The fourth-order valence-electron chi connectivity index (χ4n) is 3.35. The highest BCUT2D eigenvalue weighted by Crippen LogP contribution is 2.25. The van der Waals surface area contributed by atoms with E-state index in [2.05, 4.69) is 16.9 Å². The molecule has 0 bridgehead atoms. The van der Waals surface area contributed by atoms with Crippen LogP contribution in [0.1, 0.15) is 25.6 Å². The number of amidine groups is 1. The number of rotatable bonds is 5. The van der Waals surface area contributed by atoms with Crippen LogP contribution in [0.5, 0.6) is 0 Å². The zero-order valence-electron chi connectivity index (χ0n) is 16.5. The summed E-state index contributed by atoms with van der Waals surface area (Å²) in [5, 5.41) is 1.34. The van der Waals surface area contributed by atoms with Crippen LogP contribution in [-0.2, 0) is 4.79 Å². The molecule has 1 amide bonds. The normalized spacial score (nSPS) is 15.6. The lowest BCUT2D eigenvalue weighted by Gasteiger charge is -2.15. The Kier molecular flexibility index (Phi) is 5.49. The van der Waals surface area contributed by atoms with Gasteiger partial charge in [0.2, 0.25) is 5.91 Å². The minimum atomic E-state index is -0.0881. The van der Waals surface area contributed by atoms with Gasteiger partial charge in [0, 0.05) is 6.54 Å². The smallest absolute Gasteiger partial charge is 0.265 e. The number of thioether (sulfide) groups is 1. The van der Waals surface area contributed by atoms with Crippen molar-refractivity contribution in [3.8, 4) is 5.69 Å². The van der Waals surface area contributed by atoms with E-state index in [1.54, 1.807) is 15.5 Å². The molecule has 0 saturated carbocycles. The number of hydrogen-bond donors (Lipinski definition) is 0. The molecular weight excluding hydrogens is 384 g/mol. The fourth-order valence-corrected chi connectivity index (χ4v) is 4.28. The first kappa shape index (κ1) is 19.4. The van der Waals surface area contributed by atoms with Gasteiger partial charge in [-0.1, -0.05) is 37.2 Å². The topological polar surface area (TPSA) is 67.6 Å². The van der Waals surface area contributed by atoms with Gasteiger partial charge < -0.3 is 0 Å². The maximum absolute atomic E-state index is 12.9. The third-order valence-corrected chi connectivity index (χ3v) is 5.83. The molecule has 4 rings (SSSR count). The van der Waals surface area contributed by atoms with Gasteiger partial charge in [-0.3, -0.25) is 19.1 Å². The Morgan fingerprint density at radius 3 is 2.62 bits per heavy atom. The van der Waals surface area contributed by atoms with Gasteiger partial charge in [0.1, 0.15) is 5.82 Å². The molecule has 0 aliphatic carbocycles. The average molecular weight is 407 g/mol. The largest absolute Gasteiger partial charge is 0.291 e. The van der Waals surface area contributed by atoms with E-state index in [0.717, 1.165) is 29.4 Å². The van der Waals surface area contributed by atoms with Crippen molar-refractivity contribution in [1.82, 2.24) is 14.5 Å². The Labute approximate surface area is 173 Å². The second-order valence-corrected chi connectivity index (χ2v) is 7.86. The molecule has 148 valence electrons. The summed E-state index contributed by atoms with van der Waals surface area (Å²) < 4.78 is 1.61. The van der Waals surface area contributed by atoms with Gasteiger partial charge in [-0.15, -0.1) is 0 Å². The lowest BCUT2D eigenvalue weighted by molar-refractivity contribution is -0.124. The first-order valence-electron chi connectivity index (χ1n) is 9.69. The lowest BCUT2D eigenvalue weighted by Crippen LogP contribution is -2.30. The van der Waals surface area contributed by atoms with Gasteiger partial charge in [0.25, 0.3) is 5.56 Å². The summed E-state index contributed by atoms with van der Waals surface area (Å²) in [6.45, 7) is 4.64. The van der Waals surface area contributed by atoms with Crippen molar-refractivity contribution in [3.63, 3.8) is 0 Å². The average Bonchev–Trinajstić information content (AvgIpc) is 3.07. The quantitative estimate of drug-likeness (QED) is 0.641. The van der Waals surface area contributed by atoms with Crippen LogP contribution in [0.4, 0.5) is 5.69 Å². The molecule has 1 aromatic heterocycles. The number of carbonyl (C=O) groups is 1. The van der Waals surface area contributed by atoms with Crippen molar-refractivity contribution >= 4 is 39.4 Å². The zero-order chi connectivity index (χ0) is 20.4. The Morgan fingerprint density at radius 2 is 1.86 bits per heavy atom. The predicted octanol–water partition coefficient (Wildman–Crippen LogP) is 4.06. The minimum absolute atomic E-state index is 0.0881. The molecule has 7 heteroatoms. The fraction of sp³-hybridized carbons (Fsp3) is 0.273. The number of unbranched alkanes of at least 4 members (excludes halogenated alkanes) is 1.